The van der Waals surface area contributed by atoms with Gasteiger partial charge in [-0.1, -0.05) is 41.9 Å². The van der Waals surface area contributed by atoms with Crippen molar-refractivity contribution in [2.24, 2.45) is 0 Å². The Morgan fingerprint density at radius 1 is 1.06 bits per heavy atom. The third-order valence-corrected chi connectivity index (χ3v) is 3.91. The molecule has 0 aliphatic rings. The Bertz CT molecular complexity index is 496. The van der Waals surface area contributed by atoms with Crippen molar-refractivity contribution in [1.29, 1.82) is 0 Å². The summed E-state index contributed by atoms with van der Waals surface area (Å²) in [5, 5.41) is 0.652. The number of benzene rings is 2. The number of rotatable bonds is 5. The number of hydrogen-bond donors (Lipinski definition) is 0. The Kier molecular flexibility index (Phi) is 4.85. The summed E-state index contributed by atoms with van der Waals surface area (Å²) >= 11 is 7.40. The van der Waals surface area contributed by atoms with Gasteiger partial charge in [0, 0.05) is 9.92 Å². The second kappa shape index (κ2) is 6.62. The maximum Gasteiger partial charge on any atom is 0.133 e. The molecule has 0 radical (unpaired) electrons. The van der Waals surface area contributed by atoms with Gasteiger partial charge in [-0.3, -0.25) is 0 Å². The normalized spacial score (nSPS) is 12.1. The van der Waals surface area contributed by atoms with E-state index < -0.39 is 0 Å². The molecule has 0 aliphatic heterocycles. The zero-order valence-electron chi connectivity index (χ0n) is 9.75. The Morgan fingerprint density at radius 3 is 2.33 bits per heavy atom. The van der Waals surface area contributed by atoms with E-state index in [1.165, 1.54) is 5.56 Å². The Morgan fingerprint density at radius 2 is 1.72 bits per heavy atom. The molecule has 0 aromatic heterocycles. The van der Waals surface area contributed by atoms with Crippen LogP contribution in [0.3, 0.4) is 0 Å². The lowest BCUT2D eigenvalue weighted by molar-refractivity contribution is -0.107. The van der Waals surface area contributed by atoms with Crippen molar-refractivity contribution in [3.05, 3.63) is 65.2 Å². The minimum absolute atomic E-state index is 0.0615. The summed E-state index contributed by atoms with van der Waals surface area (Å²) in [6.07, 6.45) is 1.75. The Labute approximate surface area is 116 Å². The van der Waals surface area contributed by atoms with Gasteiger partial charge < -0.3 is 4.79 Å². The molecule has 2 rings (SSSR count). The van der Waals surface area contributed by atoms with Crippen LogP contribution in [0.4, 0.5) is 0 Å². The van der Waals surface area contributed by atoms with Gasteiger partial charge in [0.2, 0.25) is 0 Å². The molecule has 1 atom stereocenters. The monoisotopic (exact) mass is 276 g/mol. The molecule has 0 saturated heterocycles. The zero-order valence-corrected chi connectivity index (χ0v) is 11.3. The van der Waals surface area contributed by atoms with E-state index in [-0.39, 0.29) is 5.25 Å². The van der Waals surface area contributed by atoms with Crippen molar-refractivity contribution in [1.82, 2.24) is 0 Å². The van der Waals surface area contributed by atoms with Crippen LogP contribution in [0.1, 0.15) is 5.56 Å². The molecule has 1 unspecified atom stereocenters. The van der Waals surface area contributed by atoms with Crippen LogP contribution >= 0.6 is 23.4 Å². The third-order valence-electron chi connectivity index (χ3n) is 2.53. The summed E-state index contributed by atoms with van der Waals surface area (Å²) in [6.45, 7) is 0. The van der Waals surface area contributed by atoms with Crippen LogP contribution in [0.2, 0.25) is 5.02 Å². The highest BCUT2D eigenvalue weighted by Crippen LogP contribution is 2.26. The Hall–Kier alpha value is -1.25. The van der Waals surface area contributed by atoms with Crippen molar-refractivity contribution in [3.8, 4) is 0 Å². The SMILES string of the molecule is O=CC(Cc1ccccc1)Sc1ccc(Cl)cc1. The van der Waals surface area contributed by atoms with Crippen LogP contribution in [0.15, 0.2) is 59.5 Å². The molecule has 0 heterocycles. The first-order valence-corrected chi connectivity index (χ1v) is 6.95. The molecule has 18 heavy (non-hydrogen) atoms. The van der Waals surface area contributed by atoms with Crippen molar-refractivity contribution in [3.63, 3.8) is 0 Å². The van der Waals surface area contributed by atoms with E-state index in [1.807, 2.05) is 54.6 Å². The van der Waals surface area contributed by atoms with Crippen molar-refractivity contribution < 1.29 is 4.79 Å². The maximum atomic E-state index is 11.1. The number of halogens is 1. The molecule has 0 bridgehead atoms. The number of thioether (sulfide) groups is 1. The molecule has 0 N–H and O–H groups in total. The summed E-state index contributed by atoms with van der Waals surface area (Å²) in [6, 6.07) is 17.6. The Balaban J connectivity index is 2.01. The molecule has 0 fully saturated rings. The molecule has 2 aromatic rings. The quantitative estimate of drug-likeness (QED) is 0.600. The molecular formula is C15H13ClOS. The number of hydrogen-bond acceptors (Lipinski definition) is 2. The number of carbonyl (C=O) groups is 1. The predicted molar refractivity (Wildman–Crippen MR) is 77.3 cm³/mol. The van der Waals surface area contributed by atoms with E-state index in [0.29, 0.717) is 5.02 Å². The predicted octanol–water partition coefficient (Wildman–Crippen LogP) is 4.24. The van der Waals surface area contributed by atoms with E-state index in [4.69, 9.17) is 11.6 Å². The fraction of sp³-hybridized carbons (Fsp3) is 0.133. The first-order chi connectivity index (χ1) is 8.78. The van der Waals surface area contributed by atoms with Crippen LogP contribution in [0, 0.1) is 0 Å². The van der Waals surface area contributed by atoms with Gasteiger partial charge in [-0.15, -0.1) is 11.8 Å². The van der Waals surface area contributed by atoms with Gasteiger partial charge in [-0.05, 0) is 36.2 Å². The number of carbonyl (C=O) groups excluding carboxylic acids is 1. The minimum atomic E-state index is -0.0615. The fourth-order valence-corrected chi connectivity index (χ4v) is 2.75. The van der Waals surface area contributed by atoms with E-state index in [1.54, 1.807) is 11.8 Å². The summed E-state index contributed by atoms with van der Waals surface area (Å²) in [5.41, 5.74) is 1.18. The lowest BCUT2D eigenvalue weighted by atomic mass is 10.1. The van der Waals surface area contributed by atoms with Gasteiger partial charge in [0.05, 0.1) is 5.25 Å². The third kappa shape index (κ3) is 3.90. The maximum absolute atomic E-state index is 11.1. The van der Waals surface area contributed by atoms with E-state index >= 15 is 0 Å². The van der Waals surface area contributed by atoms with E-state index in [0.717, 1.165) is 17.6 Å². The second-order valence-corrected chi connectivity index (χ2v) is 5.69. The van der Waals surface area contributed by atoms with Crippen molar-refractivity contribution >= 4 is 29.6 Å². The molecule has 0 aliphatic carbocycles. The van der Waals surface area contributed by atoms with Gasteiger partial charge >= 0.3 is 0 Å². The standard InChI is InChI=1S/C15H13ClOS/c16-13-6-8-14(9-7-13)18-15(11-17)10-12-4-2-1-3-5-12/h1-9,11,15H,10H2. The zero-order chi connectivity index (χ0) is 12.8. The first kappa shape index (κ1) is 13.2. The summed E-state index contributed by atoms with van der Waals surface area (Å²) in [5.74, 6) is 0. The average molecular weight is 277 g/mol. The molecule has 0 saturated carbocycles. The number of aldehydes is 1. The van der Waals surface area contributed by atoms with Crippen molar-refractivity contribution in [2.75, 3.05) is 0 Å². The fourth-order valence-electron chi connectivity index (χ4n) is 1.65. The highest BCUT2D eigenvalue weighted by molar-refractivity contribution is 8.00. The topological polar surface area (TPSA) is 17.1 Å². The van der Waals surface area contributed by atoms with Crippen LogP contribution in [0.25, 0.3) is 0 Å². The summed E-state index contributed by atoms with van der Waals surface area (Å²) in [4.78, 5) is 12.2. The van der Waals surface area contributed by atoms with Gasteiger partial charge in [-0.2, -0.15) is 0 Å². The lowest BCUT2D eigenvalue weighted by Crippen LogP contribution is -2.08. The van der Waals surface area contributed by atoms with Gasteiger partial charge in [0.1, 0.15) is 6.29 Å². The van der Waals surface area contributed by atoms with Crippen LogP contribution < -0.4 is 0 Å². The van der Waals surface area contributed by atoms with E-state index in [2.05, 4.69) is 0 Å². The smallest absolute Gasteiger partial charge is 0.133 e. The largest absolute Gasteiger partial charge is 0.302 e. The second-order valence-electron chi connectivity index (χ2n) is 3.94. The molecule has 0 spiro atoms. The van der Waals surface area contributed by atoms with Crippen LogP contribution in [-0.4, -0.2) is 11.5 Å². The summed E-state index contributed by atoms with van der Waals surface area (Å²) < 4.78 is 0. The average Bonchev–Trinajstić information content (AvgIpc) is 2.41. The van der Waals surface area contributed by atoms with Crippen LogP contribution in [0.5, 0.6) is 0 Å². The molecular weight excluding hydrogens is 264 g/mol. The van der Waals surface area contributed by atoms with E-state index in [9.17, 15) is 4.79 Å². The van der Waals surface area contributed by atoms with Crippen molar-refractivity contribution in [2.45, 2.75) is 16.6 Å². The molecule has 1 nitrogen and oxygen atoms in total. The highest BCUT2D eigenvalue weighted by Gasteiger charge is 2.10. The molecule has 3 heteroatoms. The summed E-state index contributed by atoms with van der Waals surface area (Å²) in [7, 11) is 0. The van der Waals surface area contributed by atoms with Gasteiger partial charge in [-0.25, -0.2) is 0 Å². The molecule has 92 valence electrons. The molecule has 2 aromatic carbocycles. The van der Waals surface area contributed by atoms with Gasteiger partial charge in [0.25, 0.3) is 0 Å². The minimum Gasteiger partial charge on any atom is -0.302 e. The van der Waals surface area contributed by atoms with Gasteiger partial charge in [0.15, 0.2) is 0 Å². The van der Waals surface area contributed by atoms with Crippen LogP contribution in [-0.2, 0) is 11.2 Å². The first-order valence-electron chi connectivity index (χ1n) is 5.69. The molecule has 0 amide bonds. The lowest BCUT2D eigenvalue weighted by Gasteiger charge is -2.10. The highest BCUT2D eigenvalue weighted by atomic mass is 35.5.